The minimum atomic E-state index is 0.155. The van der Waals surface area contributed by atoms with Crippen LogP contribution in [0, 0.1) is 0 Å². The highest BCUT2D eigenvalue weighted by Gasteiger charge is 2.49. The van der Waals surface area contributed by atoms with Gasteiger partial charge in [-0.25, -0.2) is 0 Å². The maximum absolute atomic E-state index is 12.0. The molecule has 4 rings (SSSR count). The zero-order valence-electron chi connectivity index (χ0n) is 15.9. The number of fused-ring (bicyclic) bond motifs is 1. The third kappa shape index (κ3) is 3.52. The second kappa shape index (κ2) is 7.83. The smallest absolute Gasteiger partial charge is 0.219 e. The Morgan fingerprint density at radius 2 is 1.67 bits per heavy atom. The molecule has 2 fully saturated rings. The average molecular weight is 364 g/mol. The number of aliphatic hydroxyl groups is 1. The third-order valence-corrected chi connectivity index (χ3v) is 6.22. The Morgan fingerprint density at radius 3 is 2.33 bits per heavy atom. The van der Waals surface area contributed by atoms with Gasteiger partial charge in [0.15, 0.2) is 0 Å². The van der Waals surface area contributed by atoms with Crippen LogP contribution < -0.4 is 0 Å². The van der Waals surface area contributed by atoms with Crippen molar-refractivity contribution in [3.05, 3.63) is 60.2 Å². The zero-order valence-corrected chi connectivity index (χ0v) is 15.9. The van der Waals surface area contributed by atoms with Gasteiger partial charge in [0.1, 0.15) is 0 Å². The molecule has 27 heavy (non-hydrogen) atoms. The van der Waals surface area contributed by atoms with Gasteiger partial charge in [-0.2, -0.15) is 0 Å². The lowest BCUT2D eigenvalue weighted by Gasteiger charge is -2.57. The second-order valence-corrected chi connectivity index (χ2v) is 7.74. The van der Waals surface area contributed by atoms with Crippen molar-refractivity contribution < 1.29 is 9.90 Å². The Kier molecular flexibility index (Phi) is 5.28. The van der Waals surface area contributed by atoms with Crippen molar-refractivity contribution in [1.29, 1.82) is 0 Å². The highest BCUT2D eigenvalue weighted by Crippen LogP contribution is 2.42. The zero-order chi connectivity index (χ0) is 18.8. The van der Waals surface area contributed by atoms with Gasteiger partial charge < -0.3 is 10.0 Å². The lowest BCUT2D eigenvalue weighted by atomic mass is 9.74. The van der Waals surface area contributed by atoms with Crippen LogP contribution in [0.15, 0.2) is 54.6 Å². The predicted octanol–water partition coefficient (Wildman–Crippen LogP) is 3.12. The minimum Gasteiger partial charge on any atom is -0.395 e. The second-order valence-electron chi connectivity index (χ2n) is 7.74. The summed E-state index contributed by atoms with van der Waals surface area (Å²) in [7, 11) is 0. The van der Waals surface area contributed by atoms with E-state index in [1.54, 1.807) is 6.92 Å². The van der Waals surface area contributed by atoms with Gasteiger partial charge >= 0.3 is 0 Å². The molecule has 1 amide bonds. The van der Waals surface area contributed by atoms with Gasteiger partial charge in [-0.15, -0.1) is 0 Å². The Labute approximate surface area is 161 Å². The Balaban J connectivity index is 1.58. The van der Waals surface area contributed by atoms with Gasteiger partial charge in [-0.05, 0) is 36.1 Å². The van der Waals surface area contributed by atoms with E-state index in [0.29, 0.717) is 6.04 Å². The normalized spacial score (nSPS) is 25.9. The van der Waals surface area contributed by atoms with Crippen LogP contribution in [0.5, 0.6) is 0 Å². The summed E-state index contributed by atoms with van der Waals surface area (Å²) in [5.41, 5.74) is 3.69. The number of hydrogen-bond acceptors (Lipinski definition) is 3. The topological polar surface area (TPSA) is 43.8 Å². The summed E-state index contributed by atoms with van der Waals surface area (Å²) in [5, 5.41) is 10.0. The summed E-state index contributed by atoms with van der Waals surface area (Å²) in [6.07, 6.45) is 2.12. The minimum absolute atomic E-state index is 0.155. The van der Waals surface area contributed by atoms with Crippen LogP contribution in [0.25, 0.3) is 11.1 Å². The molecule has 0 unspecified atom stereocenters. The summed E-state index contributed by atoms with van der Waals surface area (Å²) < 4.78 is 0. The number of carbonyl (C=O) groups excluding carboxylic acids is 1. The van der Waals surface area contributed by atoms with Crippen LogP contribution >= 0.6 is 0 Å². The van der Waals surface area contributed by atoms with Gasteiger partial charge in [0.2, 0.25) is 5.91 Å². The van der Waals surface area contributed by atoms with Crippen molar-refractivity contribution in [2.45, 2.75) is 37.8 Å². The number of amides is 1. The highest BCUT2D eigenvalue weighted by atomic mass is 16.3. The van der Waals surface area contributed by atoms with Crippen LogP contribution in [0.3, 0.4) is 0 Å². The molecule has 2 aliphatic heterocycles. The molecule has 2 aliphatic rings. The fraction of sp³-hybridized carbons (Fsp3) is 0.435. The van der Waals surface area contributed by atoms with E-state index in [9.17, 15) is 9.90 Å². The molecule has 2 saturated heterocycles. The van der Waals surface area contributed by atoms with E-state index in [-0.39, 0.29) is 24.5 Å². The van der Waals surface area contributed by atoms with Crippen molar-refractivity contribution in [1.82, 2.24) is 9.80 Å². The molecule has 0 bridgehead atoms. The van der Waals surface area contributed by atoms with Crippen LogP contribution in [-0.2, 0) is 4.79 Å². The van der Waals surface area contributed by atoms with Crippen LogP contribution in [0.1, 0.15) is 31.2 Å². The standard InChI is InChI=1S/C23H28N2O2/c1-17(27)24-13-5-6-14-25-21(15-24)23(22(25)16-26)20-11-9-19(10-12-20)18-7-3-2-4-8-18/h2-4,7-12,21-23,26H,5-6,13-16H2,1H3/t21-,22-,23-/m0/s1. The van der Waals surface area contributed by atoms with E-state index < -0.39 is 0 Å². The van der Waals surface area contributed by atoms with Crippen LogP contribution in [0.4, 0.5) is 0 Å². The molecular weight excluding hydrogens is 336 g/mol. The first-order chi connectivity index (χ1) is 13.2. The van der Waals surface area contributed by atoms with Crippen molar-refractivity contribution in [3.8, 4) is 11.1 Å². The summed E-state index contributed by atoms with van der Waals surface area (Å²) in [4.78, 5) is 16.4. The van der Waals surface area contributed by atoms with Gasteiger partial charge in [0.05, 0.1) is 6.61 Å². The van der Waals surface area contributed by atoms with Gasteiger partial charge in [-0.3, -0.25) is 9.69 Å². The summed E-state index contributed by atoms with van der Waals surface area (Å²) in [6.45, 7) is 4.46. The van der Waals surface area contributed by atoms with Gasteiger partial charge in [0.25, 0.3) is 0 Å². The molecule has 1 N–H and O–H groups in total. The van der Waals surface area contributed by atoms with Gasteiger partial charge in [0, 0.05) is 38.0 Å². The number of nitrogens with zero attached hydrogens (tertiary/aromatic N) is 2. The fourth-order valence-electron chi connectivity index (χ4n) is 4.75. The van der Waals surface area contributed by atoms with Crippen LogP contribution in [-0.4, -0.2) is 59.1 Å². The number of rotatable bonds is 3. The van der Waals surface area contributed by atoms with Crippen molar-refractivity contribution in [2.24, 2.45) is 0 Å². The molecule has 0 radical (unpaired) electrons. The molecule has 0 saturated carbocycles. The molecule has 0 aromatic heterocycles. The Bertz CT molecular complexity index is 775. The average Bonchev–Trinajstić information content (AvgIpc) is 2.67. The monoisotopic (exact) mass is 364 g/mol. The number of carbonyl (C=O) groups is 1. The molecule has 3 atom stereocenters. The molecule has 2 aromatic carbocycles. The largest absolute Gasteiger partial charge is 0.395 e. The Morgan fingerprint density at radius 1 is 1.00 bits per heavy atom. The molecule has 142 valence electrons. The maximum Gasteiger partial charge on any atom is 0.219 e. The predicted molar refractivity (Wildman–Crippen MR) is 107 cm³/mol. The van der Waals surface area contributed by atoms with Crippen molar-refractivity contribution in [3.63, 3.8) is 0 Å². The quantitative estimate of drug-likeness (QED) is 0.910. The molecule has 2 aromatic rings. The highest BCUT2D eigenvalue weighted by molar-refractivity contribution is 5.73. The SMILES string of the molecule is CC(=O)N1CCCCN2[C@@H](CO)[C@@H](c3ccc(-c4ccccc4)cc3)[C@@H]2C1. The first kappa shape index (κ1) is 18.2. The molecule has 0 aliphatic carbocycles. The van der Waals surface area contributed by atoms with E-state index in [1.165, 1.54) is 16.7 Å². The lowest BCUT2D eigenvalue weighted by molar-refractivity contribution is -0.134. The van der Waals surface area contributed by atoms with E-state index in [4.69, 9.17) is 0 Å². The van der Waals surface area contributed by atoms with Crippen molar-refractivity contribution in [2.75, 3.05) is 26.2 Å². The Hall–Kier alpha value is -2.17. The number of hydrogen-bond donors (Lipinski definition) is 1. The molecule has 4 heteroatoms. The summed E-state index contributed by atoms with van der Waals surface area (Å²) in [5.74, 6) is 0.433. The van der Waals surface area contributed by atoms with Crippen molar-refractivity contribution >= 4 is 5.91 Å². The van der Waals surface area contributed by atoms with E-state index >= 15 is 0 Å². The molecule has 2 heterocycles. The molecular formula is C23H28N2O2. The summed E-state index contributed by atoms with van der Waals surface area (Å²) in [6, 6.07) is 19.6. The van der Waals surface area contributed by atoms with Crippen LogP contribution in [0.2, 0.25) is 0 Å². The number of benzene rings is 2. The summed E-state index contributed by atoms with van der Waals surface area (Å²) >= 11 is 0. The first-order valence-electron chi connectivity index (χ1n) is 9.96. The first-order valence-corrected chi connectivity index (χ1v) is 9.96. The van der Waals surface area contributed by atoms with E-state index in [0.717, 1.165) is 32.5 Å². The lowest BCUT2D eigenvalue weighted by Crippen LogP contribution is -2.67. The van der Waals surface area contributed by atoms with E-state index in [2.05, 4.69) is 53.4 Å². The van der Waals surface area contributed by atoms with E-state index in [1.807, 2.05) is 11.0 Å². The number of aliphatic hydroxyl groups excluding tert-OH is 1. The van der Waals surface area contributed by atoms with Gasteiger partial charge in [-0.1, -0.05) is 54.6 Å². The molecule has 0 spiro atoms. The fourth-order valence-corrected chi connectivity index (χ4v) is 4.75. The third-order valence-electron chi connectivity index (χ3n) is 6.22. The maximum atomic E-state index is 12.0. The molecule has 4 nitrogen and oxygen atoms in total.